The predicted octanol–water partition coefficient (Wildman–Crippen LogP) is 1.43. The zero-order valence-electron chi connectivity index (χ0n) is 19.7. The number of nitrogens with zero attached hydrogens (tertiary/aromatic N) is 4. The number of amides is 1. The summed E-state index contributed by atoms with van der Waals surface area (Å²) in [5, 5.41) is 5.33. The lowest BCUT2D eigenvalue weighted by Gasteiger charge is -2.35. The van der Waals surface area contributed by atoms with E-state index < -0.39 is 0 Å². The van der Waals surface area contributed by atoms with Crippen LogP contribution in [0.1, 0.15) is 30.6 Å². The topological polar surface area (TPSA) is 79.6 Å². The molecular weight excluding hydrogens is 438 g/mol. The van der Waals surface area contributed by atoms with Crippen molar-refractivity contribution in [2.75, 3.05) is 44.2 Å². The van der Waals surface area contributed by atoms with Crippen molar-refractivity contribution in [2.45, 2.75) is 32.1 Å². The van der Waals surface area contributed by atoms with Crippen LogP contribution in [0.5, 0.6) is 0 Å². The maximum absolute atomic E-state index is 12.9. The summed E-state index contributed by atoms with van der Waals surface area (Å²) in [6, 6.07) is 5.81. The summed E-state index contributed by atoms with van der Waals surface area (Å²) in [5.74, 6) is 1.09. The van der Waals surface area contributed by atoms with Gasteiger partial charge in [-0.3, -0.25) is 18.7 Å². The Morgan fingerprint density at radius 2 is 1.91 bits per heavy atom. The van der Waals surface area contributed by atoms with Gasteiger partial charge >= 0.3 is 5.69 Å². The van der Waals surface area contributed by atoms with E-state index in [4.69, 9.17) is 0 Å². The van der Waals surface area contributed by atoms with Crippen molar-refractivity contribution in [2.24, 2.45) is 25.9 Å². The van der Waals surface area contributed by atoms with Crippen LogP contribution in [0.4, 0.5) is 5.82 Å². The highest BCUT2D eigenvalue weighted by atomic mass is 32.1. The summed E-state index contributed by atoms with van der Waals surface area (Å²) in [6.45, 7) is 5.32. The normalized spacial score (nSPS) is 20.2. The molecule has 33 heavy (non-hydrogen) atoms. The monoisotopic (exact) mass is 473 g/mol. The summed E-state index contributed by atoms with van der Waals surface area (Å²) in [4.78, 5) is 43.3. The van der Waals surface area contributed by atoms with Crippen molar-refractivity contribution in [3.05, 3.63) is 49.3 Å². The van der Waals surface area contributed by atoms with Crippen LogP contribution >= 0.6 is 11.3 Å². The Morgan fingerprint density at radius 1 is 1.12 bits per heavy atom. The molecule has 0 aliphatic carbocycles. The standard InChI is InChI=1S/C24H35N5O3S/c1-26-21(15-22(30)27(2)24(26)32)29-10-3-5-19(17-29)23(31)25-16-18-7-11-28(12-8-18)13-9-20-6-4-14-33-20/h4,6,14-15,18-19H,3,5,7-13,16-17H2,1-2H3,(H,25,31)/t19-/m1/s1. The highest BCUT2D eigenvalue weighted by Crippen LogP contribution is 2.22. The van der Waals surface area contributed by atoms with E-state index in [1.54, 1.807) is 7.05 Å². The lowest BCUT2D eigenvalue weighted by Crippen LogP contribution is -2.47. The van der Waals surface area contributed by atoms with Gasteiger partial charge in [0.15, 0.2) is 0 Å². The summed E-state index contributed by atoms with van der Waals surface area (Å²) >= 11 is 1.83. The van der Waals surface area contributed by atoms with E-state index in [0.717, 1.165) is 69.4 Å². The van der Waals surface area contributed by atoms with Gasteiger partial charge in [-0.1, -0.05) is 6.07 Å². The first-order valence-corrected chi connectivity index (χ1v) is 12.8. The summed E-state index contributed by atoms with van der Waals surface area (Å²) in [6.07, 6.45) is 5.07. The van der Waals surface area contributed by atoms with E-state index in [1.165, 1.54) is 22.6 Å². The number of likely N-dealkylation sites (tertiary alicyclic amines) is 1. The fourth-order valence-corrected chi connectivity index (χ4v) is 5.65. The molecule has 9 heteroatoms. The Hall–Kier alpha value is -2.39. The number of hydrogen-bond acceptors (Lipinski definition) is 6. The molecule has 0 unspecified atom stereocenters. The lowest BCUT2D eigenvalue weighted by molar-refractivity contribution is -0.125. The number of carbonyl (C=O) groups excluding carboxylic acids is 1. The van der Waals surface area contributed by atoms with Crippen molar-refractivity contribution in [3.8, 4) is 0 Å². The summed E-state index contributed by atoms with van der Waals surface area (Å²) in [7, 11) is 3.16. The molecule has 180 valence electrons. The number of piperidine rings is 2. The average Bonchev–Trinajstić information content (AvgIpc) is 3.36. The zero-order chi connectivity index (χ0) is 23.4. The maximum Gasteiger partial charge on any atom is 0.332 e. The van der Waals surface area contributed by atoms with Gasteiger partial charge in [0.2, 0.25) is 5.91 Å². The van der Waals surface area contributed by atoms with E-state index in [2.05, 4.69) is 27.7 Å². The fraction of sp³-hybridized carbons (Fsp3) is 0.625. The molecule has 2 aliphatic heterocycles. The van der Waals surface area contributed by atoms with Crippen LogP contribution in [0.3, 0.4) is 0 Å². The Bertz CT molecular complexity index is 1050. The van der Waals surface area contributed by atoms with Crippen LogP contribution < -0.4 is 21.5 Å². The molecule has 1 N–H and O–H groups in total. The van der Waals surface area contributed by atoms with Gasteiger partial charge in [-0.25, -0.2) is 4.79 Å². The van der Waals surface area contributed by atoms with Crippen LogP contribution in [0.2, 0.25) is 0 Å². The molecule has 0 bridgehead atoms. The molecule has 4 heterocycles. The van der Waals surface area contributed by atoms with Crippen LogP contribution in [0.25, 0.3) is 0 Å². The van der Waals surface area contributed by atoms with Gasteiger partial charge < -0.3 is 15.1 Å². The summed E-state index contributed by atoms with van der Waals surface area (Å²) < 4.78 is 2.60. The van der Waals surface area contributed by atoms with Gasteiger partial charge in [0.25, 0.3) is 5.56 Å². The number of hydrogen-bond donors (Lipinski definition) is 1. The number of anilines is 1. The van der Waals surface area contributed by atoms with Gasteiger partial charge in [-0.2, -0.15) is 0 Å². The molecule has 0 saturated carbocycles. The fourth-order valence-electron chi connectivity index (χ4n) is 4.95. The van der Waals surface area contributed by atoms with Crippen molar-refractivity contribution < 1.29 is 4.79 Å². The number of rotatable bonds is 7. The second-order valence-electron chi connectivity index (χ2n) is 9.39. The Morgan fingerprint density at radius 3 is 2.64 bits per heavy atom. The molecule has 1 atom stereocenters. The highest BCUT2D eigenvalue weighted by Gasteiger charge is 2.28. The molecule has 2 saturated heterocycles. The first kappa shape index (κ1) is 23.8. The molecule has 8 nitrogen and oxygen atoms in total. The number of nitrogens with one attached hydrogen (secondary N) is 1. The predicted molar refractivity (Wildman–Crippen MR) is 132 cm³/mol. The van der Waals surface area contributed by atoms with Crippen LogP contribution in [0.15, 0.2) is 33.2 Å². The Kier molecular flexibility index (Phi) is 7.70. The van der Waals surface area contributed by atoms with E-state index in [9.17, 15) is 14.4 Å². The average molecular weight is 474 g/mol. The molecule has 0 spiro atoms. The quantitative estimate of drug-likeness (QED) is 0.658. The Balaban J connectivity index is 1.24. The lowest BCUT2D eigenvalue weighted by atomic mass is 9.94. The first-order valence-electron chi connectivity index (χ1n) is 12.0. The largest absolute Gasteiger partial charge is 0.357 e. The highest BCUT2D eigenvalue weighted by molar-refractivity contribution is 7.09. The SMILES string of the molecule is Cn1c(N2CCC[C@@H](C(=O)NCC3CCN(CCc4cccs4)CC3)C2)cc(=O)n(C)c1=O. The molecule has 0 radical (unpaired) electrons. The molecule has 2 aliphatic rings. The molecule has 1 amide bonds. The van der Waals surface area contributed by atoms with Gasteiger partial charge in [0.1, 0.15) is 5.82 Å². The molecule has 2 aromatic rings. The minimum atomic E-state index is -0.342. The van der Waals surface area contributed by atoms with Crippen molar-refractivity contribution in [1.29, 1.82) is 0 Å². The van der Waals surface area contributed by atoms with Gasteiger partial charge in [0, 0.05) is 51.2 Å². The Labute approximate surface area is 198 Å². The molecule has 2 fully saturated rings. The smallest absolute Gasteiger partial charge is 0.332 e. The van der Waals surface area contributed by atoms with Crippen molar-refractivity contribution in [1.82, 2.24) is 19.4 Å². The van der Waals surface area contributed by atoms with E-state index >= 15 is 0 Å². The second kappa shape index (κ2) is 10.7. The summed E-state index contributed by atoms with van der Waals surface area (Å²) in [5.41, 5.74) is -0.660. The van der Waals surface area contributed by atoms with Crippen molar-refractivity contribution >= 4 is 23.1 Å². The number of thiophene rings is 1. The van der Waals surface area contributed by atoms with E-state index in [1.807, 2.05) is 16.2 Å². The van der Waals surface area contributed by atoms with Gasteiger partial charge in [-0.05, 0) is 62.6 Å². The van der Waals surface area contributed by atoms with Crippen molar-refractivity contribution in [3.63, 3.8) is 0 Å². The van der Waals surface area contributed by atoms with Gasteiger partial charge in [-0.15, -0.1) is 11.3 Å². The molecule has 0 aromatic carbocycles. The zero-order valence-corrected chi connectivity index (χ0v) is 20.5. The third-order valence-electron chi connectivity index (χ3n) is 7.14. The third kappa shape index (κ3) is 5.76. The van der Waals surface area contributed by atoms with Crippen LogP contribution in [0, 0.1) is 11.8 Å². The van der Waals surface area contributed by atoms with Crippen LogP contribution in [-0.2, 0) is 25.3 Å². The molecule has 2 aromatic heterocycles. The third-order valence-corrected chi connectivity index (χ3v) is 8.08. The number of aromatic nitrogens is 2. The first-order chi connectivity index (χ1) is 15.9. The van der Waals surface area contributed by atoms with E-state index in [-0.39, 0.29) is 23.1 Å². The number of carbonyl (C=O) groups is 1. The van der Waals surface area contributed by atoms with Gasteiger partial charge in [0.05, 0.1) is 5.92 Å². The minimum absolute atomic E-state index is 0.0914. The minimum Gasteiger partial charge on any atom is -0.357 e. The van der Waals surface area contributed by atoms with Crippen LogP contribution in [-0.4, -0.2) is 59.2 Å². The molecular formula is C24H35N5O3S. The second-order valence-corrected chi connectivity index (χ2v) is 10.4. The molecule has 4 rings (SSSR count). The van der Waals surface area contributed by atoms with E-state index in [0.29, 0.717) is 18.3 Å². The maximum atomic E-state index is 12.9.